The number of para-hydroxylation sites is 4. The van der Waals surface area contributed by atoms with Crippen molar-refractivity contribution >= 4 is 92.3 Å². The summed E-state index contributed by atoms with van der Waals surface area (Å²) in [6.07, 6.45) is 0. The maximum Gasteiger partial charge on any atom is 0.152 e. The van der Waals surface area contributed by atoms with Crippen LogP contribution in [0.3, 0.4) is 0 Å². The van der Waals surface area contributed by atoms with Crippen molar-refractivity contribution in [1.82, 2.24) is 4.57 Å². The van der Waals surface area contributed by atoms with E-state index < -0.39 is 0 Å². The van der Waals surface area contributed by atoms with Gasteiger partial charge in [-0.25, -0.2) is 0 Å². The fraction of sp³-hybridized carbons (Fsp3) is 0. The Morgan fingerprint density at radius 1 is 0.400 bits per heavy atom. The molecule has 0 aliphatic carbocycles. The second kappa shape index (κ2) is 14.1. The zero-order valence-corrected chi connectivity index (χ0v) is 35.7. The number of furan rings is 1. The van der Waals surface area contributed by atoms with Crippen molar-refractivity contribution in [2.75, 3.05) is 4.90 Å². The quantitative estimate of drug-likeness (QED) is 0.167. The summed E-state index contributed by atoms with van der Waals surface area (Å²) in [5, 5.41) is 7.25. The molecule has 4 heterocycles. The molecule has 5 heteroatoms. The molecule has 10 aromatic carbocycles. The van der Waals surface area contributed by atoms with Crippen LogP contribution in [0, 0.1) is 0 Å². The van der Waals surface area contributed by atoms with Gasteiger partial charge in [-0.05, 0) is 118 Å². The molecule has 0 spiro atoms. The number of hydrogen-bond donors (Lipinski definition) is 0. The summed E-state index contributed by atoms with van der Waals surface area (Å²) >= 11 is 1.87. The van der Waals surface area contributed by atoms with Gasteiger partial charge in [0.2, 0.25) is 0 Å². The first kappa shape index (κ1) is 36.1. The Bertz CT molecular complexity index is 4040. The fourth-order valence-electron chi connectivity index (χ4n) is 10.2. The summed E-state index contributed by atoms with van der Waals surface area (Å²) in [5.74, 6) is 1.75. The van der Waals surface area contributed by atoms with Gasteiger partial charge in [0, 0.05) is 58.8 Å². The number of rotatable bonds is 6. The van der Waals surface area contributed by atoms with E-state index in [0.29, 0.717) is 0 Å². The normalized spacial score (nSPS) is 12.1. The number of fused-ring (bicyclic) bond motifs is 11. The summed E-state index contributed by atoms with van der Waals surface area (Å²) < 4.78 is 17.7. The zero-order chi connectivity index (χ0) is 42.6. The van der Waals surface area contributed by atoms with Crippen LogP contribution in [-0.2, 0) is 0 Å². The molecule has 65 heavy (non-hydrogen) atoms. The molecule has 14 rings (SSSR count). The predicted octanol–water partition coefficient (Wildman–Crippen LogP) is 17.6. The highest BCUT2D eigenvalue weighted by atomic mass is 32.1. The molecule has 0 radical (unpaired) electrons. The van der Waals surface area contributed by atoms with Crippen molar-refractivity contribution in [3.63, 3.8) is 0 Å². The second-order valence-corrected chi connectivity index (χ2v) is 17.9. The van der Waals surface area contributed by atoms with Gasteiger partial charge in [-0.3, -0.25) is 0 Å². The smallest absolute Gasteiger partial charge is 0.152 e. The number of nitrogens with zero attached hydrogens (tertiary/aromatic N) is 2. The van der Waals surface area contributed by atoms with Crippen molar-refractivity contribution < 1.29 is 9.15 Å². The van der Waals surface area contributed by atoms with Crippen LogP contribution in [0.4, 0.5) is 17.1 Å². The highest BCUT2D eigenvalue weighted by molar-refractivity contribution is 7.26. The van der Waals surface area contributed by atoms with E-state index in [-0.39, 0.29) is 0 Å². The van der Waals surface area contributed by atoms with Crippen LogP contribution in [0.2, 0.25) is 0 Å². The molecule has 0 unspecified atom stereocenters. The van der Waals surface area contributed by atoms with Crippen LogP contribution in [0.25, 0.3) is 103 Å². The van der Waals surface area contributed by atoms with E-state index >= 15 is 0 Å². The van der Waals surface area contributed by atoms with E-state index in [1.165, 1.54) is 42.1 Å². The van der Waals surface area contributed by atoms with Crippen LogP contribution in [-0.4, -0.2) is 4.57 Å². The van der Waals surface area contributed by atoms with Gasteiger partial charge in [0.25, 0.3) is 0 Å². The van der Waals surface area contributed by atoms with Crippen LogP contribution in [0.1, 0.15) is 0 Å². The highest BCUT2D eigenvalue weighted by Crippen LogP contribution is 2.47. The average Bonchev–Trinajstić information content (AvgIpc) is 4.05. The summed E-state index contributed by atoms with van der Waals surface area (Å²) in [6, 6.07) is 78.5. The molecule has 1 aliphatic heterocycles. The molecule has 0 amide bonds. The summed E-state index contributed by atoms with van der Waals surface area (Å²) in [5.41, 5.74) is 15.4. The first-order valence-electron chi connectivity index (χ1n) is 22.0. The lowest BCUT2D eigenvalue weighted by Gasteiger charge is -2.26. The molecule has 3 aromatic heterocycles. The van der Waals surface area contributed by atoms with E-state index in [1.54, 1.807) is 0 Å². The van der Waals surface area contributed by atoms with Gasteiger partial charge in [0.15, 0.2) is 11.5 Å². The summed E-state index contributed by atoms with van der Waals surface area (Å²) in [7, 11) is 0. The predicted molar refractivity (Wildman–Crippen MR) is 272 cm³/mol. The minimum absolute atomic E-state index is 0.868. The van der Waals surface area contributed by atoms with Gasteiger partial charge < -0.3 is 18.6 Å². The molecular formula is C60H36N2O2S. The number of thiophene rings is 1. The molecular weight excluding hydrogens is 813 g/mol. The summed E-state index contributed by atoms with van der Waals surface area (Å²) in [4.78, 5) is 2.37. The minimum Gasteiger partial charge on any atom is -0.456 e. The molecule has 0 saturated carbocycles. The molecule has 0 fully saturated rings. The van der Waals surface area contributed by atoms with E-state index in [4.69, 9.17) is 9.15 Å². The topological polar surface area (TPSA) is 30.5 Å². The van der Waals surface area contributed by atoms with Crippen molar-refractivity contribution in [3.8, 4) is 50.6 Å². The fourth-order valence-corrected chi connectivity index (χ4v) is 11.5. The average molecular weight is 849 g/mol. The van der Waals surface area contributed by atoms with Gasteiger partial charge in [-0.15, -0.1) is 11.3 Å². The maximum absolute atomic E-state index is 6.42. The maximum atomic E-state index is 6.42. The Morgan fingerprint density at radius 3 is 1.91 bits per heavy atom. The lowest BCUT2D eigenvalue weighted by atomic mass is 9.98. The van der Waals surface area contributed by atoms with Crippen molar-refractivity contribution in [2.24, 2.45) is 0 Å². The lowest BCUT2D eigenvalue weighted by molar-refractivity contribution is 0.476. The van der Waals surface area contributed by atoms with Gasteiger partial charge in [-0.2, -0.15) is 0 Å². The lowest BCUT2D eigenvalue weighted by Crippen LogP contribution is -2.10. The van der Waals surface area contributed by atoms with Crippen molar-refractivity contribution in [3.05, 3.63) is 218 Å². The van der Waals surface area contributed by atoms with Crippen molar-refractivity contribution in [1.29, 1.82) is 0 Å². The standard InChI is InChI=1S/C60H36N2O2S/c1-4-20-53-49(14-1)58-44(15-9-22-55(58)63-53)37-25-30-41(31-26-37)61(42-32-27-38(28-33-42)45-16-8-18-48-46-13-2-6-24-57(46)65-60(45)48)43-12-7-11-39(35-43)40-29-34-51-50(36-40)47-17-10-23-56-59(47)62(51)52-19-3-5-21-54(52)64-56/h1-36H. The third kappa shape index (κ3) is 5.56. The number of ether oxygens (including phenoxy) is 1. The van der Waals surface area contributed by atoms with E-state index in [2.05, 4.69) is 204 Å². The zero-order valence-electron chi connectivity index (χ0n) is 34.9. The number of anilines is 3. The number of hydrogen-bond acceptors (Lipinski definition) is 4. The van der Waals surface area contributed by atoms with E-state index in [9.17, 15) is 0 Å². The molecule has 4 nitrogen and oxygen atoms in total. The Kier molecular flexibility index (Phi) is 7.82. The largest absolute Gasteiger partial charge is 0.456 e. The molecule has 0 saturated heterocycles. The first-order chi connectivity index (χ1) is 32.2. The Hall–Kier alpha value is -8.38. The Morgan fingerprint density at radius 2 is 1.03 bits per heavy atom. The van der Waals surface area contributed by atoms with Crippen LogP contribution in [0.5, 0.6) is 11.5 Å². The minimum atomic E-state index is 0.868. The van der Waals surface area contributed by atoms with Crippen LogP contribution < -0.4 is 9.64 Å². The Labute approximate surface area is 378 Å². The third-order valence-electron chi connectivity index (χ3n) is 13.2. The van der Waals surface area contributed by atoms with Crippen molar-refractivity contribution in [2.45, 2.75) is 0 Å². The number of aromatic nitrogens is 1. The molecule has 304 valence electrons. The van der Waals surface area contributed by atoms with E-state index in [1.807, 2.05) is 35.6 Å². The molecule has 0 atom stereocenters. The third-order valence-corrected chi connectivity index (χ3v) is 14.4. The summed E-state index contributed by atoms with van der Waals surface area (Å²) in [6.45, 7) is 0. The molecule has 1 aliphatic rings. The van der Waals surface area contributed by atoms with Gasteiger partial charge >= 0.3 is 0 Å². The molecule has 0 bridgehead atoms. The monoisotopic (exact) mass is 848 g/mol. The first-order valence-corrected chi connectivity index (χ1v) is 22.8. The number of benzene rings is 10. The molecule has 0 N–H and O–H groups in total. The van der Waals surface area contributed by atoms with Crippen LogP contribution in [0.15, 0.2) is 223 Å². The van der Waals surface area contributed by atoms with E-state index in [0.717, 1.165) is 89.5 Å². The molecule has 13 aromatic rings. The van der Waals surface area contributed by atoms with Gasteiger partial charge in [-0.1, -0.05) is 133 Å². The second-order valence-electron chi connectivity index (χ2n) is 16.8. The van der Waals surface area contributed by atoms with Gasteiger partial charge in [0.05, 0.1) is 16.7 Å². The highest BCUT2D eigenvalue weighted by Gasteiger charge is 2.24. The Balaban J connectivity index is 0.898. The SMILES string of the molecule is c1cc(-c2ccc3c(c2)c2cccc4c2n3-c2ccccc2O4)cc(N(c2ccc(-c3cccc4c3sc3ccccc34)cc2)c2ccc(-c3cccc4oc5ccccc5c34)cc2)c1. The van der Waals surface area contributed by atoms with Gasteiger partial charge in [0.1, 0.15) is 11.2 Å². The van der Waals surface area contributed by atoms with Crippen LogP contribution >= 0.6 is 11.3 Å².